The third kappa shape index (κ3) is 2.48. The highest BCUT2D eigenvalue weighted by Crippen LogP contribution is 2.46. The van der Waals surface area contributed by atoms with Gasteiger partial charge in [-0.2, -0.15) is 0 Å². The van der Waals surface area contributed by atoms with Crippen molar-refractivity contribution < 1.29 is 9.53 Å². The van der Waals surface area contributed by atoms with Crippen molar-refractivity contribution in [3.05, 3.63) is 45.6 Å². The van der Waals surface area contributed by atoms with Crippen LogP contribution in [0.15, 0.2) is 40.1 Å². The Morgan fingerprint density at radius 2 is 1.89 bits per heavy atom. The molecule has 1 aliphatic heterocycles. The third-order valence-corrected chi connectivity index (χ3v) is 4.40. The van der Waals surface area contributed by atoms with Crippen LogP contribution in [0.4, 0.5) is 0 Å². The number of benzene rings is 1. The predicted molar refractivity (Wildman–Crippen MR) is 77.6 cm³/mol. The number of ether oxygens (including phenoxy) is 1. The van der Waals surface area contributed by atoms with Crippen molar-refractivity contribution >= 4 is 21.7 Å². The Kier molecular flexibility index (Phi) is 3.05. The summed E-state index contributed by atoms with van der Waals surface area (Å²) in [6.07, 6.45) is 2.26. The van der Waals surface area contributed by atoms with E-state index >= 15 is 0 Å². The summed E-state index contributed by atoms with van der Waals surface area (Å²) in [6, 6.07) is 8.15. The molecule has 1 unspecified atom stereocenters. The van der Waals surface area contributed by atoms with Crippen LogP contribution in [0.2, 0.25) is 0 Å². The highest BCUT2D eigenvalue weighted by molar-refractivity contribution is 9.10. The molecule has 0 fully saturated rings. The number of halogens is 1. The van der Waals surface area contributed by atoms with Gasteiger partial charge in [-0.05, 0) is 23.1 Å². The van der Waals surface area contributed by atoms with Crippen molar-refractivity contribution in [1.29, 1.82) is 0 Å². The first-order valence-electron chi connectivity index (χ1n) is 6.62. The number of ketones is 1. The van der Waals surface area contributed by atoms with E-state index in [2.05, 4.69) is 41.9 Å². The van der Waals surface area contributed by atoms with Crippen molar-refractivity contribution in [2.24, 2.45) is 5.41 Å². The van der Waals surface area contributed by atoms with E-state index in [-0.39, 0.29) is 17.3 Å². The van der Waals surface area contributed by atoms with Gasteiger partial charge in [0, 0.05) is 29.3 Å². The number of carbonyl (C=O) groups excluding carboxylic acids is 1. The summed E-state index contributed by atoms with van der Waals surface area (Å²) in [7, 11) is 0. The summed E-state index contributed by atoms with van der Waals surface area (Å²) in [5, 5.41) is 0. The molecule has 0 radical (unpaired) electrons. The lowest BCUT2D eigenvalue weighted by molar-refractivity contribution is -0.118. The number of allylic oxidation sites excluding steroid dienone is 1. The van der Waals surface area contributed by atoms with Crippen molar-refractivity contribution in [3.63, 3.8) is 0 Å². The fourth-order valence-corrected chi connectivity index (χ4v) is 3.17. The maximum absolute atomic E-state index is 12.2. The molecular formula is C16H17BrO2. The summed E-state index contributed by atoms with van der Waals surface area (Å²) in [6.45, 7) is 4.26. The van der Waals surface area contributed by atoms with E-state index in [9.17, 15) is 4.79 Å². The lowest BCUT2D eigenvalue weighted by Gasteiger charge is -2.28. The van der Waals surface area contributed by atoms with Gasteiger partial charge in [0.05, 0.1) is 0 Å². The average Bonchev–Trinajstić information content (AvgIpc) is 2.72. The SMILES string of the molecule is CC1(C)CC(=O)C2=C(C1)OC(c1ccc(Br)cc1)C2. The monoisotopic (exact) mass is 320 g/mol. The van der Waals surface area contributed by atoms with Crippen LogP contribution in [0, 0.1) is 5.41 Å². The quantitative estimate of drug-likeness (QED) is 0.758. The fourth-order valence-electron chi connectivity index (χ4n) is 2.90. The van der Waals surface area contributed by atoms with E-state index in [4.69, 9.17) is 4.74 Å². The van der Waals surface area contributed by atoms with E-state index < -0.39 is 0 Å². The fraction of sp³-hybridized carbons (Fsp3) is 0.438. The van der Waals surface area contributed by atoms with Crippen LogP contribution in [0.3, 0.4) is 0 Å². The minimum absolute atomic E-state index is 0.0101. The van der Waals surface area contributed by atoms with E-state index in [1.54, 1.807) is 0 Å². The minimum atomic E-state index is 0.0101. The first kappa shape index (κ1) is 12.9. The number of carbonyl (C=O) groups is 1. The zero-order valence-electron chi connectivity index (χ0n) is 11.2. The third-order valence-electron chi connectivity index (χ3n) is 3.87. The Bertz CT molecular complexity index is 555. The standard InChI is InChI=1S/C16H17BrO2/c1-16(2)8-13(18)12-7-14(19-15(12)9-16)10-3-5-11(17)6-4-10/h3-6,14H,7-9H2,1-2H3. The second kappa shape index (κ2) is 4.48. The van der Waals surface area contributed by atoms with Gasteiger partial charge < -0.3 is 4.74 Å². The van der Waals surface area contributed by atoms with Gasteiger partial charge in [-0.15, -0.1) is 0 Å². The largest absolute Gasteiger partial charge is 0.489 e. The van der Waals surface area contributed by atoms with Gasteiger partial charge in [-0.3, -0.25) is 4.79 Å². The Morgan fingerprint density at radius 3 is 2.58 bits per heavy atom. The highest BCUT2D eigenvalue weighted by atomic mass is 79.9. The summed E-state index contributed by atoms with van der Waals surface area (Å²) >= 11 is 3.43. The molecule has 1 aliphatic carbocycles. The second-order valence-corrected chi connectivity index (χ2v) is 7.12. The number of Topliss-reactive ketones (excluding diaryl/α,β-unsaturated/α-hetero) is 1. The Morgan fingerprint density at radius 1 is 1.21 bits per heavy atom. The molecule has 3 heteroatoms. The first-order chi connectivity index (χ1) is 8.94. The molecule has 0 aromatic heterocycles. The molecule has 0 amide bonds. The molecule has 1 aromatic carbocycles. The Hall–Kier alpha value is -1.09. The van der Waals surface area contributed by atoms with Crippen molar-refractivity contribution in [2.75, 3.05) is 0 Å². The maximum Gasteiger partial charge on any atom is 0.162 e. The second-order valence-electron chi connectivity index (χ2n) is 6.20. The van der Waals surface area contributed by atoms with Crippen LogP contribution in [0.5, 0.6) is 0 Å². The summed E-state index contributed by atoms with van der Waals surface area (Å²) in [4.78, 5) is 12.2. The van der Waals surface area contributed by atoms with E-state index in [0.717, 1.165) is 34.2 Å². The zero-order chi connectivity index (χ0) is 13.6. The van der Waals surface area contributed by atoms with Crippen LogP contribution in [-0.4, -0.2) is 5.78 Å². The molecule has 19 heavy (non-hydrogen) atoms. The molecule has 1 heterocycles. The molecular weight excluding hydrogens is 304 g/mol. The van der Waals surface area contributed by atoms with Crippen LogP contribution in [0.1, 0.15) is 44.8 Å². The molecule has 0 saturated heterocycles. The van der Waals surface area contributed by atoms with Gasteiger partial charge in [-0.25, -0.2) is 0 Å². The molecule has 3 rings (SSSR count). The summed E-state index contributed by atoms with van der Waals surface area (Å²) in [5.74, 6) is 1.19. The molecule has 1 aromatic rings. The van der Waals surface area contributed by atoms with Crippen LogP contribution < -0.4 is 0 Å². The van der Waals surface area contributed by atoms with Crippen molar-refractivity contribution in [2.45, 2.75) is 39.2 Å². The van der Waals surface area contributed by atoms with Gasteiger partial charge in [0.1, 0.15) is 11.9 Å². The maximum atomic E-state index is 12.2. The number of hydrogen-bond acceptors (Lipinski definition) is 2. The molecule has 2 aliphatic rings. The van der Waals surface area contributed by atoms with Crippen LogP contribution in [-0.2, 0) is 9.53 Å². The lowest BCUT2D eigenvalue weighted by Crippen LogP contribution is -2.24. The Balaban J connectivity index is 1.83. The van der Waals surface area contributed by atoms with Crippen LogP contribution >= 0.6 is 15.9 Å². The minimum Gasteiger partial charge on any atom is -0.489 e. The van der Waals surface area contributed by atoms with E-state index in [1.807, 2.05) is 12.1 Å². The molecule has 0 spiro atoms. The lowest BCUT2D eigenvalue weighted by atomic mass is 9.76. The van der Waals surface area contributed by atoms with Crippen molar-refractivity contribution in [1.82, 2.24) is 0 Å². The summed E-state index contributed by atoms with van der Waals surface area (Å²) < 4.78 is 7.10. The highest BCUT2D eigenvalue weighted by Gasteiger charge is 2.39. The van der Waals surface area contributed by atoms with Gasteiger partial charge in [0.15, 0.2) is 5.78 Å². The predicted octanol–water partition coefficient (Wildman–Crippen LogP) is 4.55. The molecule has 0 saturated carbocycles. The van der Waals surface area contributed by atoms with Gasteiger partial charge in [0.2, 0.25) is 0 Å². The van der Waals surface area contributed by atoms with Gasteiger partial charge >= 0.3 is 0 Å². The van der Waals surface area contributed by atoms with Crippen LogP contribution in [0.25, 0.3) is 0 Å². The zero-order valence-corrected chi connectivity index (χ0v) is 12.8. The Labute approximate surface area is 122 Å². The summed E-state index contributed by atoms with van der Waals surface area (Å²) in [5.41, 5.74) is 2.10. The van der Waals surface area contributed by atoms with E-state index in [1.165, 1.54) is 0 Å². The van der Waals surface area contributed by atoms with Gasteiger partial charge in [0.25, 0.3) is 0 Å². The molecule has 2 nitrogen and oxygen atoms in total. The molecule has 0 bridgehead atoms. The first-order valence-corrected chi connectivity index (χ1v) is 7.41. The molecule has 100 valence electrons. The normalized spacial score (nSPS) is 25.2. The number of rotatable bonds is 1. The smallest absolute Gasteiger partial charge is 0.162 e. The molecule has 0 N–H and O–H groups in total. The van der Waals surface area contributed by atoms with Gasteiger partial charge in [-0.1, -0.05) is 41.9 Å². The van der Waals surface area contributed by atoms with Crippen molar-refractivity contribution in [3.8, 4) is 0 Å². The topological polar surface area (TPSA) is 26.3 Å². The van der Waals surface area contributed by atoms with E-state index in [0.29, 0.717) is 6.42 Å². The average molecular weight is 321 g/mol. The number of hydrogen-bond donors (Lipinski definition) is 0. The molecule has 1 atom stereocenters.